The van der Waals surface area contributed by atoms with Crippen molar-refractivity contribution in [3.63, 3.8) is 0 Å². The predicted octanol–water partition coefficient (Wildman–Crippen LogP) is 0.798. The number of nitrogens with two attached hydrogens (primary N) is 1. The van der Waals surface area contributed by atoms with E-state index < -0.39 is 56.7 Å². The minimum absolute atomic E-state index is 0.294. The fraction of sp³-hybridized carbons (Fsp3) is 0.0714. The molecular formula is C14H8F2N4O5. The standard InChI is InChI=1S/C14H8F2N4O5/c1-4-10(15)6(3-7(11(4)16)20(24)25)19-8(21)2-5-9(12(19)17)14(23)18-13(5)22/h2-3H,17H2,1H3,(H,18,22,23). The molecule has 128 valence electrons. The van der Waals surface area contributed by atoms with Gasteiger partial charge in [-0.1, -0.05) is 0 Å². The highest BCUT2D eigenvalue weighted by Gasteiger charge is 2.33. The van der Waals surface area contributed by atoms with Crippen LogP contribution in [0.1, 0.15) is 26.3 Å². The zero-order chi connectivity index (χ0) is 18.6. The first kappa shape index (κ1) is 16.2. The van der Waals surface area contributed by atoms with E-state index in [9.17, 15) is 33.3 Å². The van der Waals surface area contributed by atoms with Crippen LogP contribution in [0, 0.1) is 28.7 Å². The first-order chi connectivity index (χ1) is 11.6. The lowest BCUT2D eigenvalue weighted by Crippen LogP contribution is -2.25. The van der Waals surface area contributed by atoms with Gasteiger partial charge in [0.05, 0.1) is 21.7 Å². The van der Waals surface area contributed by atoms with Crippen molar-refractivity contribution >= 4 is 23.3 Å². The van der Waals surface area contributed by atoms with Gasteiger partial charge in [0.15, 0.2) is 5.82 Å². The molecule has 2 amide bonds. The van der Waals surface area contributed by atoms with Crippen molar-refractivity contribution < 1.29 is 23.3 Å². The number of fused-ring (bicyclic) bond motifs is 1. The van der Waals surface area contributed by atoms with E-state index in [0.29, 0.717) is 10.6 Å². The summed E-state index contributed by atoms with van der Waals surface area (Å²) in [5, 5.41) is 12.9. The maximum Gasteiger partial charge on any atom is 0.307 e. The Balaban J connectivity index is 2.42. The maximum absolute atomic E-state index is 14.4. The van der Waals surface area contributed by atoms with E-state index in [-0.39, 0.29) is 11.1 Å². The highest BCUT2D eigenvalue weighted by molar-refractivity contribution is 6.23. The second kappa shape index (κ2) is 5.19. The van der Waals surface area contributed by atoms with Crippen LogP contribution in [0.25, 0.3) is 5.69 Å². The molecule has 25 heavy (non-hydrogen) atoms. The lowest BCUT2D eigenvalue weighted by Gasteiger charge is -2.14. The van der Waals surface area contributed by atoms with Gasteiger partial charge in [-0.05, 0) is 6.92 Å². The number of imide groups is 1. The zero-order valence-corrected chi connectivity index (χ0v) is 12.4. The summed E-state index contributed by atoms with van der Waals surface area (Å²) in [5.74, 6) is -5.00. The first-order valence-corrected chi connectivity index (χ1v) is 6.69. The smallest absolute Gasteiger partial charge is 0.307 e. The third-order valence-electron chi connectivity index (χ3n) is 3.77. The summed E-state index contributed by atoms with van der Waals surface area (Å²) in [6.45, 7) is 0.950. The Labute approximate surface area is 136 Å². The third kappa shape index (κ3) is 2.16. The lowest BCUT2D eigenvalue weighted by atomic mass is 10.1. The monoisotopic (exact) mass is 350 g/mol. The van der Waals surface area contributed by atoms with Gasteiger partial charge in [-0.15, -0.1) is 0 Å². The number of nitro groups is 1. The molecule has 3 rings (SSSR count). The molecule has 0 radical (unpaired) electrons. The molecule has 0 spiro atoms. The number of anilines is 1. The van der Waals surface area contributed by atoms with Gasteiger partial charge in [-0.25, -0.2) is 4.39 Å². The molecular weight excluding hydrogens is 342 g/mol. The molecule has 11 heteroatoms. The van der Waals surface area contributed by atoms with Crippen LogP contribution in [-0.4, -0.2) is 21.3 Å². The molecule has 0 bridgehead atoms. The predicted molar refractivity (Wildman–Crippen MR) is 79.6 cm³/mol. The minimum Gasteiger partial charge on any atom is -0.384 e. The third-order valence-corrected chi connectivity index (χ3v) is 3.77. The number of carbonyl (C=O) groups excluding carboxylic acids is 2. The van der Waals surface area contributed by atoms with Crippen molar-refractivity contribution in [1.29, 1.82) is 0 Å². The molecule has 1 aromatic carbocycles. The Morgan fingerprint density at radius 2 is 1.80 bits per heavy atom. The number of pyridine rings is 1. The molecule has 0 atom stereocenters. The fourth-order valence-corrected chi connectivity index (χ4v) is 2.56. The van der Waals surface area contributed by atoms with E-state index in [1.165, 1.54) is 0 Å². The molecule has 0 saturated carbocycles. The van der Waals surface area contributed by atoms with E-state index in [0.717, 1.165) is 13.0 Å². The van der Waals surface area contributed by atoms with Gasteiger partial charge < -0.3 is 5.73 Å². The van der Waals surface area contributed by atoms with Gasteiger partial charge in [0.1, 0.15) is 5.82 Å². The van der Waals surface area contributed by atoms with Crippen LogP contribution in [0.4, 0.5) is 20.3 Å². The van der Waals surface area contributed by atoms with Crippen molar-refractivity contribution in [2.24, 2.45) is 0 Å². The van der Waals surface area contributed by atoms with Crippen molar-refractivity contribution in [3.8, 4) is 5.69 Å². The van der Waals surface area contributed by atoms with Crippen LogP contribution in [0.2, 0.25) is 0 Å². The molecule has 1 aliphatic rings. The molecule has 0 saturated heterocycles. The van der Waals surface area contributed by atoms with Gasteiger partial charge >= 0.3 is 5.69 Å². The highest BCUT2D eigenvalue weighted by Crippen LogP contribution is 2.30. The average molecular weight is 350 g/mol. The number of aromatic nitrogens is 1. The fourth-order valence-electron chi connectivity index (χ4n) is 2.56. The van der Waals surface area contributed by atoms with Crippen molar-refractivity contribution in [1.82, 2.24) is 9.88 Å². The molecule has 2 heterocycles. The lowest BCUT2D eigenvalue weighted by molar-refractivity contribution is -0.387. The van der Waals surface area contributed by atoms with Crippen LogP contribution in [-0.2, 0) is 0 Å². The number of carbonyl (C=O) groups is 2. The Morgan fingerprint density at radius 1 is 1.16 bits per heavy atom. The summed E-state index contributed by atoms with van der Waals surface area (Å²) in [6, 6.07) is 1.24. The topological polar surface area (TPSA) is 137 Å². The number of hydrogen-bond acceptors (Lipinski definition) is 6. The molecule has 2 aromatic rings. The molecule has 1 aromatic heterocycles. The molecule has 0 fully saturated rings. The molecule has 9 nitrogen and oxygen atoms in total. The van der Waals surface area contributed by atoms with E-state index in [1.54, 1.807) is 0 Å². The summed E-state index contributed by atoms with van der Waals surface area (Å²) in [7, 11) is 0. The van der Waals surface area contributed by atoms with Crippen LogP contribution >= 0.6 is 0 Å². The minimum atomic E-state index is -1.40. The van der Waals surface area contributed by atoms with E-state index in [2.05, 4.69) is 0 Å². The number of nitro benzene ring substituents is 1. The van der Waals surface area contributed by atoms with Gasteiger partial charge in [0, 0.05) is 17.7 Å². The van der Waals surface area contributed by atoms with Crippen molar-refractivity contribution in [3.05, 3.63) is 60.9 Å². The first-order valence-electron chi connectivity index (χ1n) is 6.69. The Hall–Kier alpha value is -3.63. The number of nitrogens with one attached hydrogen (secondary N) is 1. The maximum atomic E-state index is 14.4. The number of nitrogen functional groups attached to an aromatic ring is 1. The van der Waals surface area contributed by atoms with Crippen LogP contribution < -0.4 is 16.6 Å². The molecule has 3 N–H and O–H groups in total. The van der Waals surface area contributed by atoms with Crippen LogP contribution in [0.5, 0.6) is 0 Å². The Kier molecular flexibility index (Phi) is 3.37. The average Bonchev–Trinajstić information content (AvgIpc) is 2.81. The highest BCUT2D eigenvalue weighted by atomic mass is 19.1. The number of benzene rings is 1. The summed E-state index contributed by atoms with van der Waals surface area (Å²) in [4.78, 5) is 45.5. The SMILES string of the molecule is Cc1c(F)c(-n2c(N)c3c(cc2=O)C(=O)NC3=O)cc([N+](=O)[O-])c1F. The molecule has 0 unspecified atom stereocenters. The van der Waals surface area contributed by atoms with E-state index >= 15 is 0 Å². The number of hydrogen-bond donors (Lipinski definition) is 2. The number of nitrogens with zero attached hydrogens (tertiary/aromatic N) is 2. The van der Waals surface area contributed by atoms with Crippen LogP contribution in [0.3, 0.4) is 0 Å². The quantitative estimate of drug-likeness (QED) is 0.467. The number of amides is 2. The normalized spacial score (nSPS) is 12.9. The van der Waals surface area contributed by atoms with Crippen molar-refractivity contribution in [2.45, 2.75) is 6.92 Å². The second-order valence-electron chi connectivity index (χ2n) is 5.20. The van der Waals surface area contributed by atoms with E-state index in [1.807, 2.05) is 5.32 Å². The molecule has 1 aliphatic heterocycles. The summed E-state index contributed by atoms with van der Waals surface area (Å²) in [6.07, 6.45) is 0. The van der Waals surface area contributed by atoms with Gasteiger partial charge in [-0.3, -0.25) is 34.4 Å². The largest absolute Gasteiger partial charge is 0.384 e. The van der Waals surface area contributed by atoms with Crippen LogP contribution in [0.15, 0.2) is 16.9 Å². The number of rotatable bonds is 2. The number of halogens is 2. The summed E-state index contributed by atoms with van der Waals surface area (Å²) in [5.41, 5.74) is 1.58. The van der Waals surface area contributed by atoms with Crippen molar-refractivity contribution in [2.75, 3.05) is 5.73 Å². The molecule has 0 aliphatic carbocycles. The second-order valence-corrected chi connectivity index (χ2v) is 5.20. The summed E-state index contributed by atoms with van der Waals surface area (Å²) < 4.78 is 28.7. The summed E-state index contributed by atoms with van der Waals surface area (Å²) >= 11 is 0. The Morgan fingerprint density at radius 3 is 2.40 bits per heavy atom. The van der Waals surface area contributed by atoms with E-state index in [4.69, 9.17) is 5.73 Å². The Bertz CT molecular complexity index is 1060. The van der Waals surface area contributed by atoms with Gasteiger partial charge in [0.25, 0.3) is 17.4 Å². The van der Waals surface area contributed by atoms with Gasteiger partial charge in [0.2, 0.25) is 5.82 Å². The zero-order valence-electron chi connectivity index (χ0n) is 12.4. The van der Waals surface area contributed by atoms with Gasteiger partial charge in [-0.2, -0.15) is 4.39 Å².